The monoisotopic (exact) mass is 394 g/mol. The molecule has 0 aliphatic carbocycles. The molecule has 2 N–H and O–H groups in total. The summed E-state index contributed by atoms with van der Waals surface area (Å²) >= 11 is 0. The van der Waals surface area contributed by atoms with Crippen LogP contribution in [-0.4, -0.2) is 28.0 Å². The number of rotatable bonds is 9. The smallest absolute Gasteiger partial charge is 0.240 e. The molecular formula is C19H23FN2O4S. The number of nitrogens with one attached hydrogen (secondary N) is 2. The van der Waals surface area contributed by atoms with E-state index in [0.717, 1.165) is 23.4 Å². The fraction of sp³-hybridized carbons (Fsp3) is 0.316. The van der Waals surface area contributed by atoms with Crippen molar-refractivity contribution in [3.63, 3.8) is 0 Å². The van der Waals surface area contributed by atoms with Gasteiger partial charge in [0.2, 0.25) is 15.9 Å². The predicted molar refractivity (Wildman–Crippen MR) is 100 cm³/mol. The summed E-state index contributed by atoms with van der Waals surface area (Å²) in [5.74, 6) is -0.0490. The minimum atomic E-state index is -3.78. The van der Waals surface area contributed by atoms with Crippen LogP contribution >= 0.6 is 0 Å². The highest BCUT2D eigenvalue weighted by atomic mass is 32.2. The van der Waals surface area contributed by atoms with Crippen molar-refractivity contribution in [2.24, 2.45) is 0 Å². The van der Waals surface area contributed by atoms with E-state index in [1.807, 2.05) is 31.2 Å². The molecule has 0 spiro atoms. The summed E-state index contributed by atoms with van der Waals surface area (Å²) in [5.41, 5.74) is 0.943. The second-order valence-corrected chi connectivity index (χ2v) is 7.67. The lowest BCUT2D eigenvalue weighted by Crippen LogP contribution is -2.32. The fourth-order valence-corrected chi connectivity index (χ4v) is 3.55. The van der Waals surface area contributed by atoms with Crippen molar-refractivity contribution in [2.45, 2.75) is 30.7 Å². The van der Waals surface area contributed by atoms with Crippen molar-refractivity contribution in [1.82, 2.24) is 10.0 Å². The quantitative estimate of drug-likeness (QED) is 0.685. The van der Waals surface area contributed by atoms with E-state index in [-0.39, 0.29) is 29.8 Å². The molecular weight excluding hydrogens is 371 g/mol. The first-order valence-corrected chi connectivity index (χ1v) is 10.0. The van der Waals surface area contributed by atoms with Gasteiger partial charge in [-0.1, -0.05) is 19.1 Å². The zero-order valence-electron chi connectivity index (χ0n) is 15.2. The first-order chi connectivity index (χ1) is 12.9. The van der Waals surface area contributed by atoms with Gasteiger partial charge in [-0.15, -0.1) is 0 Å². The largest absolute Gasteiger partial charge is 0.497 e. The molecule has 0 radical (unpaired) electrons. The number of halogens is 1. The van der Waals surface area contributed by atoms with Crippen LogP contribution in [0.4, 0.5) is 4.39 Å². The minimum absolute atomic E-state index is 0.00687. The highest BCUT2D eigenvalue weighted by molar-refractivity contribution is 7.89. The van der Waals surface area contributed by atoms with Crippen LogP contribution < -0.4 is 14.8 Å². The highest BCUT2D eigenvalue weighted by Gasteiger charge is 2.16. The molecule has 0 bridgehead atoms. The number of methoxy groups -OCH3 is 1. The number of benzene rings is 2. The zero-order chi connectivity index (χ0) is 19.9. The number of ether oxygens (including phenoxy) is 1. The predicted octanol–water partition coefficient (Wildman–Crippen LogP) is 2.77. The van der Waals surface area contributed by atoms with Crippen LogP contribution in [0.5, 0.6) is 5.75 Å². The molecule has 27 heavy (non-hydrogen) atoms. The summed E-state index contributed by atoms with van der Waals surface area (Å²) in [5, 5.41) is 2.89. The van der Waals surface area contributed by atoms with Gasteiger partial charge in [0.05, 0.1) is 18.0 Å². The maximum atomic E-state index is 12.9. The van der Waals surface area contributed by atoms with E-state index in [2.05, 4.69) is 10.0 Å². The third kappa shape index (κ3) is 6.04. The van der Waals surface area contributed by atoms with Gasteiger partial charge in [-0.2, -0.15) is 0 Å². The van der Waals surface area contributed by atoms with Crippen LogP contribution in [0.1, 0.15) is 31.4 Å². The first-order valence-electron chi connectivity index (χ1n) is 8.54. The van der Waals surface area contributed by atoms with Crippen molar-refractivity contribution in [2.75, 3.05) is 13.7 Å². The molecule has 2 rings (SSSR count). The molecule has 146 valence electrons. The molecule has 6 nitrogen and oxygen atoms in total. The number of carbonyl (C=O) groups is 1. The Morgan fingerprint density at radius 1 is 1.11 bits per heavy atom. The Hall–Kier alpha value is -2.45. The van der Waals surface area contributed by atoms with Crippen LogP contribution in [0.15, 0.2) is 53.4 Å². The SMILES string of the molecule is CCC(NC(=O)CCNS(=O)(=O)c1ccc(F)cc1)c1ccc(OC)cc1. The number of carbonyl (C=O) groups excluding carboxylic acids is 1. The van der Waals surface area contributed by atoms with Crippen LogP contribution in [-0.2, 0) is 14.8 Å². The molecule has 0 aliphatic rings. The Balaban J connectivity index is 1.87. The molecule has 2 aromatic rings. The Morgan fingerprint density at radius 3 is 2.30 bits per heavy atom. The molecule has 0 aliphatic heterocycles. The summed E-state index contributed by atoms with van der Waals surface area (Å²) in [4.78, 5) is 12.1. The van der Waals surface area contributed by atoms with Gasteiger partial charge in [-0.3, -0.25) is 4.79 Å². The normalized spacial score (nSPS) is 12.4. The summed E-state index contributed by atoms with van der Waals surface area (Å²) in [7, 11) is -2.19. The summed E-state index contributed by atoms with van der Waals surface area (Å²) in [6, 6.07) is 11.7. The highest BCUT2D eigenvalue weighted by Crippen LogP contribution is 2.20. The van der Waals surface area contributed by atoms with Crippen molar-refractivity contribution in [3.05, 3.63) is 59.9 Å². The molecule has 2 aromatic carbocycles. The average Bonchev–Trinajstić information content (AvgIpc) is 2.66. The van der Waals surface area contributed by atoms with Gasteiger partial charge >= 0.3 is 0 Å². The van der Waals surface area contributed by atoms with Gasteiger partial charge < -0.3 is 10.1 Å². The second kappa shape index (κ2) is 9.48. The Kier molecular flexibility index (Phi) is 7.32. The third-order valence-electron chi connectivity index (χ3n) is 4.03. The Morgan fingerprint density at radius 2 is 1.74 bits per heavy atom. The van der Waals surface area contributed by atoms with E-state index in [9.17, 15) is 17.6 Å². The van der Waals surface area contributed by atoms with Crippen molar-refractivity contribution >= 4 is 15.9 Å². The lowest BCUT2D eigenvalue weighted by Gasteiger charge is -2.18. The second-order valence-electron chi connectivity index (χ2n) is 5.90. The van der Waals surface area contributed by atoms with E-state index in [1.54, 1.807) is 7.11 Å². The first kappa shape index (κ1) is 20.9. The Labute approximate surface area is 158 Å². The van der Waals surface area contributed by atoms with Gasteiger partial charge in [-0.25, -0.2) is 17.5 Å². The van der Waals surface area contributed by atoms with E-state index in [4.69, 9.17) is 4.74 Å². The minimum Gasteiger partial charge on any atom is -0.497 e. The molecule has 1 amide bonds. The summed E-state index contributed by atoms with van der Waals surface area (Å²) in [6.07, 6.45) is 0.687. The number of sulfonamides is 1. The van der Waals surface area contributed by atoms with Crippen molar-refractivity contribution in [1.29, 1.82) is 0 Å². The topological polar surface area (TPSA) is 84.5 Å². The van der Waals surface area contributed by atoms with Gasteiger partial charge in [-0.05, 0) is 48.4 Å². The van der Waals surface area contributed by atoms with E-state index in [0.29, 0.717) is 6.42 Å². The van der Waals surface area contributed by atoms with Crippen LogP contribution in [0, 0.1) is 5.82 Å². The standard InChI is InChI=1S/C19H23FN2O4S/c1-3-18(14-4-8-16(26-2)9-5-14)22-19(23)12-13-21-27(24,25)17-10-6-15(20)7-11-17/h4-11,18,21H,3,12-13H2,1-2H3,(H,22,23). The molecule has 0 saturated heterocycles. The zero-order valence-corrected chi connectivity index (χ0v) is 16.1. The molecule has 0 fully saturated rings. The molecule has 0 saturated carbocycles. The van der Waals surface area contributed by atoms with E-state index >= 15 is 0 Å². The maximum Gasteiger partial charge on any atom is 0.240 e. The van der Waals surface area contributed by atoms with Crippen molar-refractivity contribution < 1.29 is 22.3 Å². The number of amides is 1. The third-order valence-corrected chi connectivity index (χ3v) is 5.51. The molecule has 1 unspecified atom stereocenters. The van der Waals surface area contributed by atoms with E-state index in [1.165, 1.54) is 12.1 Å². The molecule has 0 aromatic heterocycles. The lowest BCUT2D eigenvalue weighted by atomic mass is 10.0. The van der Waals surface area contributed by atoms with Crippen LogP contribution in [0.25, 0.3) is 0 Å². The van der Waals surface area contributed by atoms with Crippen LogP contribution in [0.2, 0.25) is 0 Å². The molecule has 1 atom stereocenters. The average molecular weight is 394 g/mol. The van der Waals surface area contributed by atoms with Gasteiger partial charge in [0.25, 0.3) is 0 Å². The van der Waals surface area contributed by atoms with Crippen LogP contribution in [0.3, 0.4) is 0 Å². The number of hydrogen-bond acceptors (Lipinski definition) is 4. The van der Waals surface area contributed by atoms with E-state index < -0.39 is 15.8 Å². The molecule has 8 heteroatoms. The molecule has 0 heterocycles. The van der Waals surface area contributed by atoms with Gasteiger partial charge in [0.1, 0.15) is 11.6 Å². The number of hydrogen-bond donors (Lipinski definition) is 2. The Bertz CT molecular complexity index is 852. The summed E-state index contributed by atoms with van der Waals surface area (Å²) < 4.78 is 44.6. The van der Waals surface area contributed by atoms with Gasteiger partial charge in [0.15, 0.2) is 0 Å². The van der Waals surface area contributed by atoms with Crippen molar-refractivity contribution in [3.8, 4) is 5.75 Å². The lowest BCUT2D eigenvalue weighted by molar-refractivity contribution is -0.121. The summed E-state index contributed by atoms with van der Waals surface area (Å²) in [6.45, 7) is 1.90. The van der Waals surface area contributed by atoms with Gasteiger partial charge in [0, 0.05) is 13.0 Å². The fourth-order valence-electron chi connectivity index (χ4n) is 2.52. The maximum absolute atomic E-state index is 12.9.